The van der Waals surface area contributed by atoms with E-state index in [-0.39, 0.29) is 12.5 Å². The smallest absolute Gasteiger partial charge is 0.255 e. The highest BCUT2D eigenvalue weighted by molar-refractivity contribution is 5.90. The van der Waals surface area contributed by atoms with Crippen molar-refractivity contribution in [3.8, 4) is 5.75 Å². The average molecular weight is 306 g/mol. The molecule has 1 aromatic carbocycles. The second kappa shape index (κ2) is 10.7. The van der Waals surface area contributed by atoms with Crippen molar-refractivity contribution in [2.75, 3.05) is 11.9 Å². The molecule has 2 amide bonds. The van der Waals surface area contributed by atoms with Gasteiger partial charge in [0.05, 0.1) is 0 Å². The number of rotatable bonds is 11. The average Bonchev–Trinajstić information content (AvgIpc) is 2.50. The van der Waals surface area contributed by atoms with Crippen LogP contribution in [-0.2, 0) is 9.59 Å². The minimum atomic E-state index is -0.517. The lowest BCUT2D eigenvalue weighted by molar-refractivity contribution is -0.120. The third-order valence-electron chi connectivity index (χ3n) is 3.28. The van der Waals surface area contributed by atoms with Crippen LogP contribution in [-0.4, -0.2) is 18.4 Å². The van der Waals surface area contributed by atoms with Crippen LogP contribution in [0.5, 0.6) is 5.75 Å². The summed E-state index contributed by atoms with van der Waals surface area (Å²) in [7, 11) is 0. The normalized spacial score (nSPS) is 10.2. The zero-order valence-electron chi connectivity index (χ0n) is 13.3. The van der Waals surface area contributed by atoms with Gasteiger partial charge in [0.25, 0.3) is 5.91 Å². The number of anilines is 1. The quantitative estimate of drug-likeness (QED) is 0.616. The van der Waals surface area contributed by atoms with Crippen molar-refractivity contribution in [3.63, 3.8) is 0 Å². The summed E-state index contributed by atoms with van der Waals surface area (Å²) in [6.07, 6.45) is 7.54. The van der Waals surface area contributed by atoms with Crippen LogP contribution >= 0.6 is 0 Å². The van der Waals surface area contributed by atoms with Crippen molar-refractivity contribution in [2.24, 2.45) is 5.73 Å². The van der Waals surface area contributed by atoms with E-state index in [1.165, 1.54) is 25.7 Å². The summed E-state index contributed by atoms with van der Waals surface area (Å²) in [6.45, 7) is 2.04. The van der Waals surface area contributed by atoms with Crippen molar-refractivity contribution >= 4 is 17.5 Å². The summed E-state index contributed by atoms with van der Waals surface area (Å²) in [5.41, 5.74) is 5.72. The fourth-order valence-corrected chi connectivity index (χ4v) is 2.08. The van der Waals surface area contributed by atoms with E-state index in [0.717, 1.165) is 18.5 Å². The van der Waals surface area contributed by atoms with Crippen molar-refractivity contribution < 1.29 is 14.3 Å². The van der Waals surface area contributed by atoms with Crippen molar-refractivity contribution in [1.82, 2.24) is 0 Å². The molecule has 0 heterocycles. The minimum absolute atomic E-state index is 0.0290. The highest BCUT2D eigenvalue weighted by Gasteiger charge is 2.03. The molecule has 0 aliphatic rings. The molecule has 0 spiro atoms. The van der Waals surface area contributed by atoms with Crippen LogP contribution in [0.3, 0.4) is 0 Å². The zero-order valence-corrected chi connectivity index (χ0v) is 13.3. The molecule has 0 aliphatic heterocycles. The van der Waals surface area contributed by atoms with E-state index in [0.29, 0.717) is 12.2 Å². The number of ether oxygens (including phenoxy) is 1. The predicted octanol–water partition coefficient (Wildman–Crippen LogP) is 3.24. The number of hydrogen-bond acceptors (Lipinski definition) is 3. The Bertz CT molecular complexity index is 457. The van der Waals surface area contributed by atoms with E-state index >= 15 is 0 Å². The maximum absolute atomic E-state index is 11.8. The van der Waals surface area contributed by atoms with Crippen LogP contribution < -0.4 is 15.8 Å². The van der Waals surface area contributed by atoms with Gasteiger partial charge < -0.3 is 15.8 Å². The molecule has 0 atom stereocenters. The summed E-state index contributed by atoms with van der Waals surface area (Å²) in [5, 5.41) is 2.85. The van der Waals surface area contributed by atoms with Crippen LogP contribution in [0, 0.1) is 0 Å². The molecule has 0 aromatic heterocycles. The predicted molar refractivity (Wildman–Crippen MR) is 87.8 cm³/mol. The molecule has 0 saturated carbocycles. The Morgan fingerprint density at radius 2 is 1.68 bits per heavy atom. The first-order valence-electron chi connectivity index (χ1n) is 7.93. The third-order valence-corrected chi connectivity index (χ3v) is 3.28. The molecular formula is C17H26N2O3. The fraction of sp³-hybridized carbons (Fsp3) is 0.529. The van der Waals surface area contributed by atoms with Gasteiger partial charge in [-0.2, -0.15) is 0 Å². The first-order chi connectivity index (χ1) is 10.6. The Kier molecular flexibility index (Phi) is 8.72. The lowest BCUT2D eigenvalue weighted by atomic mass is 10.1. The molecule has 5 heteroatoms. The van der Waals surface area contributed by atoms with Crippen LogP contribution in [0.15, 0.2) is 24.3 Å². The minimum Gasteiger partial charge on any atom is -0.484 e. The summed E-state index contributed by atoms with van der Waals surface area (Å²) < 4.78 is 5.15. The Labute approximate surface area is 132 Å². The van der Waals surface area contributed by atoms with Gasteiger partial charge in [-0.25, -0.2) is 0 Å². The van der Waals surface area contributed by atoms with Gasteiger partial charge in [0.1, 0.15) is 5.75 Å². The number of nitrogens with two attached hydrogens (primary N) is 1. The molecule has 1 aromatic rings. The van der Waals surface area contributed by atoms with Crippen molar-refractivity contribution in [3.05, 3.63) is 24.3 Å². The Balaban J connectivity index is 2.22. The second-order valence-corrected chi connectivity index (χ2v) is 5.35. The maximum atomic E-state index is 11.8. The van der Waals surface area contributed by atoms with Gasteiger partial charge >= 0.3 is 0 Å². The molecule has 1 rings (SSSR count). The monoisotopic (exact) mass is 306 g/mol. The molecule has 0 radical (unpaired) electrons. The number of carbonyl (C=O) groups is 2. The van der Waals surface area contributed by atoms with Crippen LogP contribution in [0.1, 0.15) is 51.9 Å². The first-order valence-corrected chi connectivity index (χ1v) is 7.93. The maximum Gasteiger partial charge on any atom is 0.255 e. The van der Waals surface area contributed by atoms with Crippen molar-refractivity contribution in [2.45, 2.75) is 51.9 Å². The van der Waals surface area contributed by atoms with Gasteiger partial charge in [-0.3, -0.25) is 9.59 Å². The number of unbranched alkanes of at least 4 members (excludes halogenated alkanes) is 5. The number of carbonyl (C=O) groups excluding carboxylic acids is 2. The highest BCUT2D eigenvalue weighted by atomic mass is 16.5. The van der Waals surface area contributed by atoms with E-state index in [1.54, 1.807) is 24.3 Å². The van der Waals surface area contributed by atoms with Gasteiger partial charge in [0.2, 0.25) is 5.91 Å². The van der Waals surface area contributed by atoms with Gasteiger partial charge in [0, 0.05) is 12.1 Å². The third kappa shape index (κ3) is 8.29. The van der Waals surface area contributed by atoms with Crippen LogP contribution in [0.4, 0.5) is 5.69 Å². The van der Waals surface area contributed by atoms with Gasteiger partial charge in [-0.1, -0.05) is 39.0 Å². The van der Waals surface area contributed by atoms with Gasteiger partial charge in [-0.15, -0.1) is 0 Å². The number of benzene rings is 1. The Morgan fingerprint density at radius 1 is 1.05 bits per heavy atom. The summed E-state index contributed by atoms with van der Waals surface area (Å²) >= 11 is 0. The summed E-state index contributed by atoms with van der Waals surface area (Å²) in [6, 6.07) is 6.89. The molecule has 0 bridgehead atoms. The fourth-order valence-electron chi connectivity index (χ4n) is 2.08. The molecule has 122 valence electrons. The molecule has 0 aliphatic carbocycles. The van der Waals surface area contributed by atoms with E-state index in [1.807, 2.05) is 0 Å². The summed E-state index contributed by atoms with van der Waals surface area (Å²) in [5.74, 6) is 0.0605. The Hall–Kier alpha value is -2.04. The first kappa shape index (κ1) is 18.0. The van der Waals surface area contributed by atoms with Crippen LogP contribution in [0.25, 0.3) is 0 Å². The van der Waals surface area contributed by atoms with E-state index in [4.69, 9.17) is 10.5 Å². The number of primary amides is 1. The molecule has 22 heavy (non-hydrogen) atoms. The lowest BCUT2D eigenvalue weighted by Crippen LogP contribution is -2.20. The number of amides is 2. The molecule has 0 unspecified atom stereocenters. The van der Waals surface area contributed by atoms with E-state index in [2.05, 4.69) is 12.2 Å². The van der Waals surface area contributed by atoms with E-state index in [9.17, 15) is 9.59 Å². The van der Waals surface area contributed by atoms with Crippen molar-refractivity contribution in [1.29, 1.82) is 0 Å². The number of hydrogen-bond donors (Lipinski definition) is 2. The molecular weight excluding hydrogens is 280 g/mol. The summed E-state index contributed by atoms with van der Waals surface area (Å²) in [4.78, 5) is 22.4. The molecule has 0 fully saturated rings. The molecule has 5 nitrogen and oxygen atoms in total. The largest absolute Gasteiger partial charge is 0.484 e. The Morgan fingerprint density at radius 3 is 2.32 bits per heavy atom. The topological polar surface area (TPSA) is 81.4 Å². The highest BCUT2D eigenvalue weighted by Crippen LogP contribution is 2.16. The molecule has 0 saturated heterocycles. The van der Waals surface area contributed by atoms with E-state index < -0.39 is 5.91 Å². The van der Waals surface area contributed by atoms with Gasteiger partial charge in [-0.05, 0) is 30.7 Å². The SMILES string of the molecule is CCCCCCCCC(=O)Nc1ccc(OCC(N)=O)cc1. The standard InChI is InChI=1S/C17H26N2O3/c1-2-3-4-5-6-7-8-17(21)19-14-9-11-15(12-10-14)22-13-16(18)20/h9-12H,2-8,13H2,1H3,(H2,18,20)(H,19,21). The van der Waals surface area contributed by atoms with Gasteiger partial charge in [0.15, 0.2) is 6.61 Å². The second-order valence-electron chi connectivity index (χ2n) is 5.35. The lowest BCUT2D eigenvalue weighted by Gasteiger charge is -2.07. The van der Waals surface area contributed by atoms with Crippen LogP contribution in [0.2, 0.25) is 0 Å². The molecule has 3 N–H and O–H groups in total. The number of nitrogens with one attached hydrogen (secondary N) is 1. The zero-order chi connectivity index (χ0) is 16.2.